The van der Waals surface area contributed by atoms with E-state index < -0.39 is 25.0 Å². The Bertz CT molecular complexity index is 313. The molecule has 0 amide bonds. The summed E-state index contributed by atoms with van der Waals surface area (Å²) in [6.45, 7) is 19.3. The average molecular weight is 337 g/mol. The van der Waals surface area contributed by atoms with E-state index in [2.05, 4.69) is 39.3 Å². The third kappa shape index (κ3) is 13.0. The van der Waals surface area contributed by atoms with Gasteiger partial charge in [0.1, 0.15) is 0 Å². The van der Waals surface area contributed by atoms with Gasteiger partial charge < -0.3 is 13.3 Å². The molecule has 0 aliphatic carbocycles. The molecule has 0 aliphatic rings. The van der Waals surface area contributed by atoms with Crippen molar-refractivity contribution >= 4 is 30.9 Å². The molecule has 7 heteroatoms. The molecule has 0 aromatic heterocycles. The minimum Gasteiger partial charge on any atom is -0.520 e. The smallest absolute Gasteiger partial charge is 0.295 e. The molecule has 20 heavy (non-hydrogen) atoms. The molecule has 0 aromatic rings. The summed E-state index contributed by atoms with van der Waals surface area (Å²) >= 11 is 0. The van der Waals surface area contributed by atoms with Crippen LogP contribution in [0.1, 0.15) is 6.42 Å². The molecular weight excluding hydrogens is 304 g/mol. The Kier molecular flexibility index (Phi) is 7.36. The third-order valence-electron chi connectivity index (χ3n) is 2.04. The lowest BCUT2D eigenvalue weighted by Crippen LogP contribution is -2.40. The molecule has 0 aliphatic heterocycles. The Morgan fingerprint density at radius 2 is 1.35 bits per heavy atom. The Hall–Kier alpha value is 0.0406. The van der Waals surface area contributed by atoms with E-state index in [1.165, 1.54) is 0 Å². The molecule has 0 aromatic carbocycles. The van der Waals surface area contributed by atoms with Crippen molar-refractivity contribution in [2.45, 2.75) is 71.4 Å². The molecule has 0 fully saturated rings. The number of carbonyl (C=O) groups excluding carboxylic acids is 1. The maximum absolute atomic E-state index is 12.0. The van der Waals surface area contributed by atoms with E-state index in [4.69, 9.17) is 13.3 Å². The highest BCUT2D eigenvalue weighted by molar-refractivity contribution is 6.71. The maximum Gasteiger partial charge on any atom is 0.295 e. The Labute approximate surface area is 127 Å². The zero-order valence-corrected chi connectivity index (χ0v) is 17.6. The molecule has 120 valence electrons. The predicted molar refractivity (Wildman–Crippen MR) is 91.6 cm³/mol. The fourth-order valence-electron chi connectivity index (χ4n) is 1.55. The van der Waals surface area contributed by atoms with Crippen LogP contribution in [0.4, 0.5) is 0 Å². The molecule has 0 spiro atoms. The number of rotatable bonds is 8. The first-order valence-electron chi connectivity index (χ1n) is 7.22. The van der Waals surface area contributed by atoms with Crippen LogP contribution in [0.5, 0.6) is 0 Å². The first kappa shape index (κ1) is 20.0. The molecule has 0 saturated carbocycles. The van der Waals surface area contributed by atoms with Gasteiger partial charge in [-0.25, -0.2) is 0 Å². The summed E-state index contributed by atoms with van der Waals surface area (Å²) in [7, 11) is -5.14. The lowest BCUT2D eigenvalue weighted by atomic mass is 10.3. The maximum atomic E-state index is 12.0. The average Bonchev–Trinajstić information content (AvgIpc) is 2.06. The minimum absolute atomic E-state index is 0.161. The van der Waals surface area contributed by atoms with Crippen molar-refractivity contribution < 1.29 is 18.1 Å². The Balaban J connectivity index is 4.57. The molecule has 0 bridgehead atoms. The Morgan fingerprint density at radius 1 is 0.850 bits per heavy atom. The van der Waals surface area contributed by atoms with Crippen LogP contribution in [0.2, 0.25) is 58.9 Å². The summed E-state index contributed by atoms with van der Waals surface area (Å²) in [4.78, 5) is 12.0. The zero-order chi connectivity index (χ0) is 16.2. The standard InChI is InChI=1S/C13H32O4Si3/c1-18(2,3)15-11-12(16-19(4,5)6)10-13(14)17-20(7,8)9/h12H,10-11H2,1-9H3. The monoisotopic (exact) mass is 336 g/mol. The lowest BCUT2D eigenvalue weighted by Gasteiger charge is -2.29. The predicted octanol–water partition coefficient (Wildman–Crippen LogP) is 3.83. The quantitative estimate of drug-likeness (QED) is 0.632. The van der Waals surface area contributed by atoms with E-state index in [-0.39, 0.29) is 12.1 Å². The van der Waals surface area contributed by atoms with Gasteiger partial charge in [0.2, 0.25) is 8.32 Å². The van der Waals surface area contributed by atoms with E-state index >= 15 is 0 Å². The van der Waals surface area contributed by atoms with Crippen molar-refractivity contribution in [2.75, 3.05) is 6.61 Å². The molecule has 1 atom stereocenters. The highest BCUT2D eigenvalue weighted by Gasteiger charge is 2.28. The van der Waals surface area contributed by atoms with Crippen molar-refractivity contribution in [3.8, 4) is 0 Å². The second-order valence-corrected chi connectivity index (χ2v) is 21.5. The first-order valence-corrected chi connectivity index (χ1v) is 17.4. The zero-order valence-electron chi connectivity index (χ0n) is 14.6. The fourth-order valence-corrected chi connectivity index (χ4v) is 4.15. The normalized spacial score (nSPS) is 15.1. The molecule has 1 unspecified atom stereocenters. The summed E-state index contributed by atoms with van der Waals surface area (Å²) in [6.07, 6.45) is 0.108. The number of hydrogen-bond donors (Lipinski definition) is 0. The van der Waals surface area contributed by atoms with Gasteiger partial charge in [0.25, 0.3) is 5.97 Å². The van der Waals surface area contributed by atoms with Gasteiger partial charge in [0.15, 0.2) is 16.6 Å². The van der Waals surface area contributed by atoms with Crippen molar-refractivity contribution in [3.05, 3.63) is 0 Å². The van der Waals surface area contributed by atoms with Crippen molar-refractivity contribution in [1.82, 2.24) is 0 Å². The molecular formula is C13H32O4Si3. The van der Waals surface area contributed by atoms with Crippen LogP contribution in [0.3, 0.4) is 0 Å². The summed E-state index contributed by atoms with van der Waals surface area (Å²) < 4.78 is 17.5. The SMILES string of the molecule is C[Si](C)(C)OCC(CC(=O)O[Si](C)(C)C)O[Si](C)(C)C. The van der Waals surface area contributed by atoms with Gasteiger partial charge in [-0.05, 0) is 58.9 Å². The second-order valence-electron chi connectivity index (χ2n) is 8.07. The van der Waals surface area contributed by atoms with Crippen LogP contribution < -0.4 is 0 Å². The van der Waals surface area contributed by atoms with Gasteiger partial charge in [-0.1, -0.05) is 0 Å². The topological polar surface area (TPSA) is 44.8 Å². The van der Waals surface area contributed by atoms with Crippen molar-refractivity contribution in [3.63, 3.8) is 0 Å². The fraction of sp³-hybridized carbons (Fsp3) is 0.923. The second kappa shape index (κ2) is 7.35. The van der Waals surface area contributed by atoms with E-state index in [1.807, 2.05) is 19.6 Å². The first-order chi connectivity index (χ1) is 8.68. The van der Waals surface area contributed by atoms with Crippen LogP contribution in [-0.2, 0) is 18.1 Å². The van der Waals surface area contributed by atoms with Gasteiger partial charge in [-0.2, -0.15) is 0 Å². The molecule has 0 N–H and O–H groups in total. The van der Waals surface area contributed by atoms with Crippen molar-refractivity contribution in [1.29, 1.82) is 0 Å². The minimum atomic E-state index is -1.83. The summed E-state index contributed by atoms with van der Waals surface area (Å²) in [5.41, 5.74) is 0. The lowest BCUT2D eigenvalue weighted by molar-refractivity contribution is -0.137. The molecule has 0 heterocycles. The van der Waals surface area contributed by atoms with Gasteiger partial charge in [0, 0.05) is 0 Å². The van der Waals surface area contributed by atoms with E-state index in [0.29, 0.717) is 13.0 Å². The van der Waals surface area contributed by atoms with Crippen LogP contribution in [0, 0.1) is 0 Å². The highest BCUT2D eigenvalue weighted by Crippen LogP contribution is 2.15. The van der Waals surface area contributed by atoms with E-state index in [0.717, 1.165) is 0 Å². The third-order valence-corrected chi connectivity index (χ3v) is 4.95. The molecule has 0 radical (unpaired) electrons. The van der Waals surface area contributed by atoms with Crippen LogP contribution >= 0.6 is 0 Å². The van der Waals surface area contributed by atoms with Gasteiger partial charge >= 0.3 is 0 Å². The van der Waals surface area contributed by atoms with Gasteiger partial charge in [-0.3, -0.25) is 4.79 Å². The highest BCUT2D eigenvalue weighted by atomic mass is 28.4. The van der Waals surface area contributed by atoms with Crippen molar-refractivity contribution in [2.24, 2.45) is 0 Å². The summed E-state index contributed by atoms with van der Waals surface area (Å²) in [6, 6.07) is 0. The van der Waals surface area contributed by atoms with Crippen LogP contribution in [0.15, 0.2) is 0 Å². The number of hydrogen-bond acceptors (Lipinski definition) is 4. The summed E-state index contributed by atoms with van der Waals surface area (Å²) in [5, 5.41) is 0. The van der Waals surface area contributed by atoms with Crippen LogP contribution in [-0.4, -0.2) is 43.6 Å². The number of carbonyl (C=O) groups is 1. The molecule has 0 rings (SSSR count). The molecule has 4 nitrogen and oxygen atoms in total. The summed E-state index contributed by atoms with van der Waals surface area (Å²) in [5.74, 6) is -0.161. The Morgan fingerprint density at radius 3 is 1.70 bits per heavy atom. The van der Waals surface area contributed by atoms with E-state index in [9.17, 15) is 4.79 Å². The van der Waals surface area contributed by atoms with Gasteiger partial charge in [-0.15, -0.1) is 0 Å². The van der Waals surface area contributed by atoms with E-state index in [1.54, 1.807) is 0 Å². The van der Waals surface area contributed by atoms with Crippen LogP contribution in [0.25, 0.3) is 0 Å². The largest absolute Gasteiger partial charge is 0.520 e. The van der Waals surface area contributed by atoms with Gasteiger partial charge in [0.05, 0.1) is 19.1 Å². The molecule has 0 saturated heterocycles.